The van der Waals surface area contributed by atoms with Crippen LogP contribution >= 0.6 is 12.2 Å². The van der Waals surface area contributed by atoms with Gasteiger partial charge in [-0.2, -0.15) is 0 Å². The minimum atomic E-state index is -0.242. The standard InChI is InChI=1S/C12H13FN2OS/c1-7-10(5-6-16-7)15-11-8(13)3-2-4-9(11)14-12(15)17/h2-4,7,10H,5-6H2,1H3,(H,14,17). The first-order valence-electron chi connectivity index (χ1n) is 5.69. The van der Waals surface area contributed by atoms with Crippen LogP contribution in [0.25, 0.3) is 11.0 Å². The lowest BCUT2D eigenvalue weighted by Gasteiger charge is -2.16. The Labute approximate surface area is 103 Å². The van der Waals surface area contributed by atoms with Gasteiger partial charge in [-0.3, -0.25) is 0 Å². The predicted molar refractivity (Wildman–Crippen MR) is 66.1 cm³/mol. The summed E-state index contributed by atoms with van der Waals surface area (Å²) in [7, 11) is 0. The molecule has 1 aliphatic heterocycles. The fourth-order valence-corrected chi connectivity index (χ4v) is 2.85. The maximum atomic E-state index is 13.9. The highest BCUT2D eigenvalue weighted by molar-refractivity contribution is 7.71. The number of imidazole rings is 1. The minimum absolute atomic E-state index is 0.0697. The molecule has 17 heavy (non-hydrogen) atoms. The Morgan fingerprint density at radius 2 is 2.35 bits per heavy atom. The van der Waals surface area contributed by atoms with Crippen molar-refractivity contribution in [3.63, 3.8) is 0 Å². The molecule has 1 N–H and O–H groups in total. The summed E-state index contributed by atoms with van der Waals surface area (Å²) in [5.74, 6) is -0.242. The van der Waals surface area contributed by atoms with E-state index in [4.69, 9.17) is 17.0 Å². The van der Waals surface area contributed by atoms with Gasteiger partial charge in [0, 0.05) is 6.61 Å². The first-order chi connectivity index (χ1) is 8.18. The molecular weight excluding hydrogens is 239 g/mol. The molecule has 2 heterocycles. The van der Waals surface area contributed by atoms with Gasteiger partial charge < -0.3 is 14.3 Å². The molecule has 5 heteroatoms. The fraction of sp³-hybridized carbons (Fsp3) is 0.417. The van der Waals surface area contributed by atoms with E-state index in [1.165, 1.54) is 6.07 Å². The van der Waals surface area contributed by atoms with Crippen LogP contribution in [0.1, 0.15) is 19.4 Å². The van der Waals surface area contributed by atoms with E-state index in [0.29, 0.717) is 16.9 Å². The third-order valence-electron chi connectivity index (χ3n) is 3.36. The number of hydrogen-bond donors (Lipinski definition) is 1. The molecule has 1 aliphatic rings. The molecule has 0 radical (unpaired) electrons. The van der Waals surface area contributed by atoms with E-state index in [2.05, 4.69) is 4.98 Å². The van der Waals surface area contributed by atoms with Gasteiger partial charge in [0.2, 0.25) is 0 Å². The van der Waals surface area contributed by atoms with Crippen molar-refractivity contribution in [3.8, 4) is 0 Å². The number of nitrogens with zero attached hydrogens (tertiary/aromatic N) is 1. The van der Waals surface area contributed by atoms with Gasteiger partial charge in [-0.15, -0.1) is 0 Å². The molecule has 0 amide bonds. The van der Waals surface area contributed by atoms with Crippen LogP contribution in [-0.2, 0) is 4.74 Å². The number of hydrogen-bond acceptors (Lipinski definition) is 2. The van der Waals surface area contributed by atoms with Crippen molar-refractivity contribution >= 4 is 23.3 Å². The number of aromatic nitrogens is 2. The van der Waals surface area contributed by atoms with E-state index < -0.39 is 0 Å². The van der Waals surface area contributed by atoms with Crippen LogP contribution in [0.3, 0.4) is 0 Å². The maximum absolute atomic E-state index is 13.9. The summed E-state index contributed by atoms with van der Waals surface area (Å²) >= 11 is 5.29. The molecule has 0 spiro atoms. The molecular formula is C12H13FN2OS. The molecule has 0 bridgehead atoms. The normalized spacial score (nSPS) is 24.6. The monoisotopic (exact) mass is 252 g/mol. The van der Waals surface area contributed by atoms with Crippen LogP contribution in [0, 0.1) is 10.6 Å². The Balaban J connectivity index is 2.28. The average Bonchev–Trinajstić information content (AvgIpc) is 2.82. The SMILES string of the molecule is CC1OCCC1n1c(=S)[nH]c2cccc(F)c21. The van der Waals surface area contributed by atoms with E-state index in [1.54, 1.807) is 6.07 Å². The molecule has 1 fully saturated rings. The van der Waals surface area contributed by atoms with E-state index >= 15 is 0 Å². The molecule has 0 saturated carbocycles. The van der Waals surface area contributed by atoms with E-state index in [-0.39, 0.29) is 18.0 Å². The van der Waals surface area contributed by atoms with Crippen LogP contribution in [0.15, 0.2) is 18.2 Å². The number of benzene rings is 1. The predicted octanol–water partition coefficient (Wildman–Crippen LogP) is 3.19. The second-order valence-corrected chi connectivity index (χ2v) is 4.75. The van der Waals surface area contributed by atoms with Crippen molar-refractivity contribution in [1.29, 1.82) is 0 Å². The highest BCUT2D eigenvalue weighted by Gasteiger charge is 2.28. The maximum Gasteiger partial charge on any atom is 0.178 e. The average molecular weight is 252 g/mol. The molecule has 1 saturated heterocycles. The molecule has 0 aliphatic carbocycles. The Bertz CT molecular complexity index is 618. The van der Waals surface area contributed by atoms with Gasteiger partial charge in [0.25, 0.3) is 0 Å². The van der Waals surface area contributed by atoms with Crippen molar-refractivity contribution in [2.45, 2.75) is 25.5 Å². The number of para-hydroxylation sites is 1. The first kappa shape index (κ1) is 10.9. The summed E-state index contributed by atoms with van der Waals surface area (Å²) in [5, 5.41) is 0. The fourth-order valence-electron chi connectivity index (χ4n) is 2.51. The lowest BCUT2D eigenvalue weighted by molar-refractivity contribution is 0.108. The molecule has 2 aromatic rings. The Morgan fingerprint density at radius 1 is 1.53 bits per heavy atom. The number of ether oxygens (including phenoxy) is 1. The largest absolute Gasteiger partial charge is 0.376 e. The van der Waals surface area contributed by atoms with Gasteiger partial charge in [-0.1, -0.05) is 6.07 Å². The highest BCUT2D eigenvalue weighted by Crippen LogP contribution is 2.30. The Kier molecular flexibility index (Phi) is 2.52. The number of fused-ring (bicyclic) bond motifs is 1. The van der Waals surface area contributed by atoms with Crippen LogP contribution in [0.5, 0.6) is 0 Å². The van der Waals surface area contributed by atoms with Gasteiger partial charge in [0.1, 0.15) is 11.3 Å². The molecule has 2 atom stereocenters. The molecule has 1 aromatic heterocycles. The quantitative estimate of drug-likeness (QED) is 0.790. The number of nitrogens with one attached hydrogen (secondary N) is 1. The number of H-pyrrole nitrogens is 1. The van der Waals surface area contributed by atoms with Crippen molar-refractivity contribution in [2.75, 3.05) is 6.61 Å². The van der Waals surface area contributed by atoms with Crippen LogP contribution in [0.2, 0.25) is 0 Å². The van der Waals surface area contributed by atoms with Gasteiger partial charge in [-0.05, 0) is 37.7 Å². The molecule has 2 unspecified atom stereocenters. The third-order valence-corrected chi connectivity index (χ3v) is 3.65. The number of rotatable bonds is 1. The van der Waals surface area contributed by atoms with E-state index in [0.717, 1.165) is 11.9 Å². The summed E-state index contributed by atoms with van der Waals surface area (Å²) in [5.41, 5.74) is 1.30. The van der Waals surface area contributed by atoms with Crippen LogP contribution in [-0.4, -0.2) is 22.3 Å². The van der Waals surface area contributed by atoms with Crippen molar-refractivity contribution < 1.29 is 9.13 Å². The van der Waals surface area contributed by atoms with E-state index in [9.17, 15) is 4.39 Å². The lowest BCUT2D eigenvalue weighted by atomic mass is 10.1. The van der Waals surface area contributed by atoms with Gasteiger partial charge >= 0.3 is 0 Å². The van der Waals surface area contributed by atoms with Crippen LogP contribution in [0.4, 0.5) is 4.39 Å². The Hall–Kier alpha value is -1.20. The summed E-state index contributed by atoms with van der Waals surface area (Å²) in [6, 6.07) is 5.10. The summed E-state index contributed by atoms with van der Waals surface area (Å²) in [6.45, 7) is 2.70. The molecule has 3 rings (SSSR count). The van der Waals surface area contributed by atoms with Gasteiger partial charge in [0.15, 0.2) is 4.77 Å². The second kappa shape index (κ2) is 3.92. The number of aromatic amines is 1. The van der Waals surface area contributed by atoms with Crippen LogP contribution < -0.4 is 0 Å². The topological polar surface area (TPSA) is 29.9 Å². The Morgan fingerprint density at radius 3 is 3.06 bits per heavy atom. The second-order valence-electron chi connectivity index (χ2n) is 4.37. The minimum Gasteiger partial charge on any atom is -0.376 e. The molecule has 3 nitrogen and oxygen atoms in total. The smallest absolute Gasteiger partial charge is 0.178 e. The van der Waals surface area contributed by atoms with Gasteiger partial charge in [0.05, 0.1) is 17.7 Å². The zero-order chi connectivity index (χ0) is 12.0. The highest BCUT2D eigenvalue weighted by atomic mass is 32.1. The zero-order valence-electron chi connectivity index (χ0n) is 9.44. The third kappa shape index (κ3) is 1.61. The summed E-state index contributed by atoms with van der Waals surface area (Å²) < 4.78 is 21.9. The van der Waals surface area contributed by atoms with Crippen molar-refractivity contribution in [2.24, 2.45) is 0 Å². The van der Waals surface area contributed by atoms with Gasteiger partial charge in [-0.25, -0.2) is 4.39 Å². The molecule has 90 valence electrons. The summed E-state index contributed by atoms with van der Waals surface area (Å²) in [4.78, 5) is 3.05. The van der Waals surface area contributed by atoms with Crippen molar-refractivity contribution in [3.05, 3.63) is 28.8 Å². The number of halogens is 1. The van der Waals surface area contributed by atoms with E-state index in [1.807, 2.05) is 17.6 Å². The molecule has 1 aromatic carbocycles. The first-order valence-corrected chi connectivity index (χ1v) is 6.09. The lowest BCUT2D eigenvalue weighted by Crippen LogP contribution is -2.17. The van der Waals surface area contributed by atoms with Crippen molar-refractivity contribution in [1.82, 2.24) is 9.55 Å². The zero-order valence-corrected chi connectivity index (χ0v) is 10.3. The summed E-state index contributed by atoms with van der Waals surface area (Å²) in [6.07, 6.45) is 0.942.